The van der Waals surface area contributed by atoms with Crippen molar-refractivity contribution < 1.29 is 9.53 Å². The Bertz CT molecular complexity index is 393. The van der Waals surface area contributed by atoms with Crippen LogP contribution in [0.4, 0.5) is 5.69 Å². The van der Waals surface area contributed by atoms with Crippen LogP contribution >= 0.6 is 11.6 Å². The summed E-state index contributed by atoms with van der Waals surface area (Å²) >= 11 is 5.78. The van der Waals surface area contributed by atoms with Crippen molar-refractivity contribution in [3.8, 4) is 0 Å². The monoisotopic (exact) mass is 255 g/mol. The molecule has 1 aromatic carbocycles. The lowest BCUT2D eigenvalue weighted by Gasteiger charge is -2.11. The quantitative estimate of drug-likeness (QED) is 0.647. The molecule has 0 aromatic heterocycles. The number of benzene rings is 1. The van der Waals surface area contributed by atoms with E-state index in [1.54, 1.807) is 12.1 Å². The Hall–Kier alpha value is -1.22. The van der Waals surface area contributed by atoms with Crippen molar-refractivity contribution in [2.45, 2.75) is 26.7 Å². The first-order valence-electron chi connectivity index (χ1n) is 5.76. The molecule has 0 spiro atoms. The van der Waals surface area contributed by atoms with Crippen LogP contribution in [0.2, 0.25) is 5.02 Å². The molecule has 1 rings (SSSR count). The Morgan fingerprint density at radius 1 is 1.53 bits per heavy atom. The molecule has 2 N–H and O–H groups in total. The predicted molar refractivity (Wildman–Crippen MR) is 70.2 cm³/mol. The van der Waals surface area contributed by atoms with Crippen LogP contribution in [0.3, 0.4) is 0 Å². The summed E-state index contributed by atoms with van der Waals surface area (Å²) in [5, 5.41) is 0.445. The van der Waals surface area contributed by atoms with E-state index in [2.05, 4.69) is 13.8 Å². The molecule has 0 aliphatic rings. The van der Waals surface area contributed by atoms with Crippen LogP contribution in [0, 0.1) is 5.92 Å². The number of hydrogen-bond donors (Lipinski definition) is 1. The van der Waals surface area contributed by atoms with Crippen LogP contribution < -0.4 is 5.73 Å². The number of nitrogen functional groups attached to an aromatic ring is 1. The van der Waals surface area contributed by atoms with E-state index in [-0.39, 0.29) is 5.97 Å². The van der Waals surface area contributed by atoms with Gasteiger partial charge >= 0.3 is 5.97 Å². The molecule has 1 unspecified atom stereocenters. The first-order chi connectivity index (χ1) is 8.04. The van der Waals surface area contributed by atoms with E-state index in [1.165, 1.54) is 6.07 Å². The maximum Gasteiger partial charge on any atom is 0.338 e. The minimum Gasteiger partial charge on any atom is -0.462 e. The lowest BCUT2D eigenvalue weighted by Crippen LogP contribution is -2.12. The van der Waals surface area contributed by atoms with E-state index >= 15 is 0 Å². The molecule has 0 saturated carbocycles. The molecule has 0 aliphatic carbocycles. The van der Waals surface area contributed by atoms with Gasteiger partial charge in [-0.1, -0.05) is 31.9 Å². The van der Waals surface area contributed by atoms with Crippen molar-refractivity contribution in [3.63, 3.8) is 0 Å². The van der Waals surface area contributed by atoms with Crippen LogP contribution in [0.5, 0.6) is 0 Å². The largest absolute Gasteiger partial charge is 0.462 e. The Labute approximate surface area is 107 Å². The molecule has 17 heavy (non-hydrogen) atoms. The van der Waals surface area contributed by atoms with Gasteiger partial charge in [-0.2, -0.15) is 0 Å². The maximum atomic E-state index is 11.7. The first kappa shape index (κ1) is 13.8. The van der Waals surface area contributed by atoms with Crippen molar-refractivity contribution in [1.82, 2.24) is 0 Å². The average molecular weight is 256 g/mol. The van der Waals surface area contributed by atoms with Gasteiger partial charge in [-0.15, -0.1) is 0 Å². The van der Waals surface area contributed by atoms with Crippen LogP contribution in [0.15, 0.2) is 18.2 Å². The second-order valence-electron chi connectivity index (χ2n) is 4.23. The number of nitrogens with two attached hydrogens (primary N) is 1. The summed E-state index contributed by atoms with van der Waals surface area (Å²) in [4.78, 5) is 11.7. The van der Waals surface area contributed by atoms with Crippen LogP contribution in [-0.2, 0) is 4.74 Å². The Morgan fingerprint density at radius 3 is 2.82 bits per heavy atom. The number of carbonyl (C=O) groups excluding carboxylic acids is 1. The molecular formula is C13H18ClNO2. The van der Waals surface area contributed by atoms with Crippen LogP contribution in [-0.4, -0.2) is 12.6 Å². The lowest BCUT2D eigenvalue weighted by molar-refractivity contribution is 0.0443. The fourth-order valence-corrected chi connectivity index (χ4v) is 1.67. The van der Waals surface area contributed by atoms with Gasteiger partial charge in [0.05, 0.1) is 22.9 Å². The number of hydrogen-bond acceptors (Lipinski definition) is 3. The SMILES string of the molecule is CCCC(C)COC(=O)c1ccc(Cl)c(N)c1. The number of esters is 1. The summed E-state index contributed by atoms with van der Waals surface area (Å²) in [6.07, 6.45) is 2.14. The molecule has 0 fully saturated rings. The third-order valence-corrected chi connectivity index (χ3v) is 2.86. The van der Waals surface area contributed by atoms with Crippen molar-refractivity contribution in [2.75, 3.05) is 12.3 Å². The molecule has 0 amide bonds. The van der Waals surface area contributed by atoms with Crippen molar-refractivity contribution in [1.29, 1.82) is 0 Å². The van der Waals surface area contributed by atoms with Gasteiger partial charge < -0.3 is 10.5 Å². The van der Waals surface area contributed by atoms with Gasteiger partial charge in [0, 0.05) is 0 Å². The number of halogens is 1. The zero-order valence-electron chi connectivity index (χ0n) is 10.2. The normalized spacial score (nSPS) is 12.2. The Morgan fingerprint density at radius 2 is 2.24 bits per heavy atom. The topological polar surface area (TPSA) is 52.3 Å². The number of ether oxygens (including phenoxy) is 1. The van der Waals surface area contributed by atoms with Gasteiger partial charge in [-0.3, -0.25) is 0 Å². The van der Waals surface area contributed by atoms with E-state index in [0.717, 1.165) is 12.8 Å². The molecule has 0 heterocycles. The highest BCUT2D eigenvalue weighted by Gasteiger charge is 2.10. The minimum absolute atomic E-state index is 0.351. The van der Waals surface area contributed by atoms with Crippen LogP contribution in [0.1, 0.15) is 37.0 Å². The van der Waals surface area contributed by atoms with Gasteiger partial charge in [-0.05, 0) is 30.5 Å². The summed E-state index contributed by atoms with van der Waals surface area (Å²) < 4.78 is 5.20. The van der Waals surface area contributed by atoms with E-state index in [0.29, 0.717) is 28.8 Å². The van der Waals surface area contributed by atoms with Crippen molar-refractivity contribution in [3.05, 3.63) is 28.8 Å². The summed E-state index contributed by atoms with van der Waals surface area (Å²) in [6.45, 7) is 4.61. The van der Waals surface area contributed by atoms with Crippen molar-refractivity contribution >= 4 is 23.3 Å². The second kappa shape index (κ2) is 6.50. The fraction of sp³-hybridized carbons (Fsp3) is 0.462. The summed E-state index contributed by atoms with van der Waals surface area (Å²) in [5.41, 5.74) is 6.45. The number of rotatable bonds is 5. The average Bonchev–Trinajstić information content (AvgIpc) is 2.30. The third kappa shape index (κ3) is 4.27. The Kier molecular flexibility index (Phi) is 5.29. The molecule has 1 atom stereocenters. The Balaban J connectivity index is 2.55. The summed E-state index contributed by atoms with van der Waals surface area (Å²) in [6, 6.07) is 4.75. The van der Waals surface area contributed by atoms with Gasteiger partial charge in [0.2, 0.25) is 0 Å². The first-order valence-corrected chi connectivity index (χ1v) is 6.14. The molecular weight excluding hydrogens is 238 g/mol. The zero-order chi connectivity index (χ0) is 12.8. The lowest BCUT2D eigenvalue weighted by atomic mass is 10.1. The molecule has 0 radical (unpaired) electrons. The number of carbonyl (C=O) groups is 1. The number of anilines is 1. The van der Waals surface area contributed by atoms with Crippen molar-refractivity contribution in [2.24, 2.45) is 5.92 Å². The van der Waals surface area contributed by atoms with E-state index in [1.807, 2.05) is 0 Å². The molecule has 0 saturated heterocycles. The van der Waals surface area contributed by atoms with E-state index < -0.39 is 0 Å². The van der Waals surface area contributed by atoms with Crippen LogP contribution in [0.25, 0.3) is 0 Å². The third-order valence-electron chi connectivity index (χ3n) is 2.51. The van der Waals surface area contributed by atoms with Gasteiger partial charge in [0.25, 0.3) is 0 Å². The molecule has 94 valence electrons. The van der Waals surface area contributed by atoms with Gasteiger partial charge in [0.15, 0.2) is 0 Å². The standard InChI is InChI=1S/C13H18ClNO2/c1-3-4-9(2)8-17-13(16)10-5-6-11(14)12(15)7-10/h5-7,9H,3-4,8,15H2,1-2H3. The highest BCUT2D eigenvalue weighted by Crippen LogP contribution is 2.20. The molecule has 4 heteroatoms. The smallest absolute Gasteiger partial charge is 0.338 e. The van der Waals surface area contributed by atoms with E-state index in [9.17, 15) is 4.79 Å². The zero-order valence-corrected chi connectivity index (χ0v) is 11.0. The molecule has 1 aromatic rings. The minimum atomic E-state index is -0.351. The highest BCUT2D eigenvalue weighted by atomic mass is 35.5. The highest BCUT2D eigenvalue weighted by molar-refractivity contribution is 6.33. The molecule has 3 nitrogen and oxygen atoms in total. The second-order valence-corrected chi connectivity index (χ2v) is 4.64. The molecule has 0 aliphatic heterocycles. The van der Waals surface area contributed by atoms with Gasteiger partial charge in [-0.25, -0.2) is 4.79 Å². The van der Waals surface area contributed by atoms with E-state index in [4.69, 9.17) is 22.1 Å². The molecule has 0 bridgehead atoms. The van der Waals surface area contributed by atoms with Gasteiger partial charge in [0.1, 0.15) is 0 Å². The fourth-order valence-electron chi connectivity index (χ4n) is 1.55. The predicted octanol–water partition coefficient (Wildman–Crippen LogP) is 3.52. The summed E-state index contributed by atoms with van der Waals surface area (Å²) in [7, 11) is 0. The summed E-state index contributed by atoms with van der Waals surface area (Å²) in [5.74, 6) is 0.0323. The maximum absolute atomic E-state index is 11.7.